The van der Waals surface area contributed by atoms with Crippen molar-refractivity contribution in [3.05, 3.63) is 0 Å². The summed E-state index contributed by atoms with van der Waals surface area (Å²) in [6, 6.07) is 0. The zero-order valence-electron chi connectivity index (χ0n) is 9.50. The maximum Gasteiger partial charge on any atom is 0.349 e. The first kappa shape index (κ1) is 15.0. The van der Waals surface area contributed by atoms with Crippen molar-refractivity contribution in [2.45, 2.75) is 12.6 Å². The van der Waals surface area contributed by atoms with Gasteiger partial charge in [0, 0.05) is 27.4 Å². The number of carbonyl (C=O) groups is 2. The standard InChI is InChI=1S/C8H14NO6P/c1-6(10)9-5-7(8(11)13-2)16(12,14-3)15-4/h5,7H,1-4H3. The molecule has 0 N–H and O–H groups in total. The van der Waals surface area contributed by atoms with Crippen molar-refractivity contribution >= 4 is 25.7 Å². The lowest BCUT2D eigenvalue weighted by molar-refractivity contribution is -0.139. The van der Waals surface area contributed by atoms with E-state index in [0.29, 0.717) is 0 Å². The Balaban J connectivity index is 5.16. The van der Waals surface area contributed by atoms with Gasteiger partial charge in [-0.25, -0.2) is 4.99 Å². The highest BCUT2D eigenvalue weighted by atomic mass is 31.2. The van der Waals surface area contributed by atoms with E-state index >= 15 is 0 Å². The lowest BCUT2D eigenvalue weighted by Crippen LogP contribution is -2.25. The Kier molecular flexibility index (Phi) is 6.10. The van der Waals surface area contributed by atoms with Crippen LogP contribution in [0.3, 0.4) is 0 Å². The van der Waals surface area contributed by atoms with E-state index in [9.17, 15) is 14.2 Å². The van der Waals surface area contributed by atoms with Crippen LogP contribution in [0.1, 0.15) is 6.92 Å². The smallest absolute Gasteiger partial charge is 0.349 e. The van der Waals surface area contributed by atoms with Crippen LogP contribution in [0.4, 0.5) is 0 Å². The van der Waals surface area contributed by atoms with Crippen molar-refractivity contribution < 1.29 is 27.9 Å². The van der Waals surface area contributed by atoms with E-state index in [0.717, 1.165) is 27.5 Å². The molecule has 0 aliphatic rings. The van der Waals surface area contributed by atoms with E-state index < -0.39 is 25.1 Å². The van der Waals surface area contributed by atoms with Gasteiger partial charge in [0.05, 0.1) is 7.11 Å². The third-order valence-corrected chi connectivity index (χ3v) is 3.73. The van der Waals surface area contributed by atoms with Gasteiger partial charge in [0.25, 0.3) is 0 Å². The molecule has 16 heavy (non-hydrogen) atoms. The molecule has 8 heteroatoms. The van der Waals surface area contributed by atoms with Gasteiger partial charge in [-0.3, -0.25) is 14.2 Å². The van der Waals surface area contributed by atoms with Gasteiger partial charge in [0.1, 0.15) is 0 Å². The molecule has 0 aromatic rings. The van der Waals surface area contributed by atoms with Crippen molar-refractivity contribution in [3.8, 4) is 0 Å². The Hall–Kier alpha value is -1.04. The Morgan fingerprint density at radius 1 is 1.25 bits per heavy atom. The van der Waals surface area contributed by atoms with Crippen molar-refractivity contribution in [1.82, 2.24) is 0 Å². The average Bonchev–Trinajstić information content (AvgIpc) is 2.27. The summed E-state index contributed by atoms with van der Waals surface area (Å²) < 4.78 is 25.6. The van der Waals surface area contributed by atoms with Crippen LogP contribution in [-0.2, 0) is 27.9 Å². The minimum Gasteiger partial charge on any atom is -0.468 e. The van der Waals surface area contributed by atoms with Crippen LogP contribution >= 0.6 is 7.60 Å². The Labute approximate surface area is 93.3 Å². The van der Waals surface area contributed by atoms with Crippen LogP contribution in [0.5, 0.6) is 0 Å². The molecule has 0 aliphatic heterocycles. The van der Waals surface area contributed by atoms with E-state index in [1.54, 1.807) is 0 Å². The third kappa shape index (κ3) is 3.84. The number of nitrogens with zero attached hydrogens (tertiary/aromatic N) is 1. The van der Waals surface area contributed by atoms with Gasteiger partial charge >= 0.3 is 13.6 Å². The highest BCUT2D eigenvalue weighted by molar-refractivity contribution is 7.56. The van der Waals surface area contributed by atoms with E-state index in [2.05, 4.69) is 18.8 Å². The molecular formula is C8H14NO6P. The van der Waals surface area contributed by atoms with Gasteiger partial charge in [0.15, 0.2) is 5.66 Å². The lowest BCUT2D eigenvalue weighted by atomic mass is 10.4. The predicted molar refractivity (Wildman–Crippen MR) is 56.6 cm³/mol. The first-order valence-corrected chi connectivity index (χ1v) is 5.86. The summed E-state index contributed by atoms with van der Waals surface area (Å²) in [6.45, 7) is 1.19. The Morgan fingerprint density at radius 3 is 2.06 bits per heavy atom. The molecule has 0 saturated carbocycles. The van der Waals surface area contributed by atoms with Crippen molar-refractivity contribution in [1.29, 1.82) is 0 Å². The highest BCUT2D eigenvalue weighted by Crippen LogP contribution is 2.51. The van der Waals surface area contributed by atoms with Crippen LogP contribution < -0.4 is 0 Å². The number of ether oxygens (including phenoxy) is 1. The summed E-state index contributed by atoms with van der Waals surface area (Å²) in [5, 5.41) is 0. The molecule has 0 heterocycles. The number of esters is 1. The maximum atomic E-state index is 11.9. The molecule has 1 unspecified atom stereocenters. The fraction of sp³-hybridized carbons (Fsp3) is 0.625. The monoisotopic (exact) mass is 251 g/mol. The summed E-state index contributed by atoms with van der Waals surface area (Å²) in [5.41, 5.74) is -1.35. The second kappa shape index (κ2) is 6.52. The Bertz CT molecular complexity index is 331. The SMILES string of the molecule is COC(=O)C(C=NC(C)=O)P(=O)(OC)OC. The molecule has 0 bridgehead atoms. The zero-order chi connectivity index (χ0) is 12.8. The normalized spacial score (nSPS) is 13.8. The zero-order valence-corrected chi connectivity index (χ0v) is 10.4. The number of amides is 1. The predicted octanol–water partition coefficient (Wildman–Crippen LogP) is 0.631. The molecule has 7 nitrogen and oxygen atoms in total. The van der Waals surface area contributed by atoms with Crippen LogP contribution in [0, 0.1) is 0 Å². The molecule has 0 aromatic carbocycles. The molecule has 0 saturated heterocycles. The molecule has 0 fully saturated rings. The van der Waals surface area contributed by atoms with Gasteiger partial charge in [0.2, 0.25) is 5.91 Å². The lowest BCUT2D eigenvalue weighted by Gasteiger charge is -2.18. The first-order chi connectivity index (χ1) is 7.41. The van der Waals surface area contributed by atoms with Gasteiger partial charge in [-0.15, -0.1) is 0 Å². The molecular weight excluding hydrogens is 237 g/mol. The van der Waals surface area contributed by atoms with Crippen molar-refractivity contribution in [3.63, 3.8) is 0 Å². The summed E-state index contributed by atoms with van der Waals surface area (Å²) in [5.74, 6) is -1.38. The number of hydrogen-bond donors (Lipinski definition) is 0. The number of carbonyl (C=O) groups excluding carboxylic acids is 2. The van der Waals surface area contributed by atoms with E-state index in [1.807, 2.05) is 0 Å². The molecule has 0 radical (unpaired) electrons. The van der Waals surface area contributed by atoms with Gasteiger partial charge < -0.3 is 13.8 Å². The van der Waals surface area contributed by atoms with Crippen LogP contribution in [0.15, 0.2) is 4.99 Å². The molecule has 92 valence electrons. The summed E-state index contributed by atoms with van der Waals surface area (Å²) >= 11 is 0. The topological polar surface area (TPSA) is 91.3 Å². The third-order valence-electron chi connectivity index (χ3n) is 1.69. The van der Waals surface area contributed by atoms with Gasteiger partial charge in [-0.2, -0.15) is 0 Å². The first-order valence-electron chi connectivity index (χ1n) is 4.25. The van der Waals surface area contributed by atoms with Gasteiger partial charge in [-0.1, -0.05) is 0 Å². The number of methoxy groups -OCH3 is 1. The average molecular weight is 251 g/mol. The van der Waals surface area contributed by atoms with Crippen LogP contribution in [-0.4, -0.2) is 45.1 Å². The van der Waals surface area contributed by atoms with Crippen molar-refractivity contribution in [2.24, 2.45) is 4.99 Å². The molecule has 0 spiro atoms. The van der Waals surface area contributed by atoms with Gasteiger partial charge in [-0.05, 0) is 0 Å². The second-order valence-electron chi connectivity index (χ2n) is 2.67. The fourth-order valence-electron chi connectivity index (χ4n) is 0.870. The van der Waals surface area contributed by atoms with E-state index in [4.69, 9.17) is 0 Å². The second-order valence-corrected chi connectivity index (χ2v) is 5.04. The minimum atomic E-state index is -3.70. The molecule has 0 rings (SSSR count). The highest BCUT2D eigenvalue weighted by Gasteiger charge is 2.39. The van der Waals surface area contributed by atoms with Crippen LogP contribution in [0.2, 0.25) is 0 Å². The molecule has 0 aromatic heterocycles. The minimum absolute atomic E-state index is 0.535. The number of aliphatic imine (C=N–C) groups is 1. The molecule has 0 aliphatic carbocycles. The van der Waals surface area contributed by atoms with E-state index in [-0.39, 0.29) is 0 Å². The summed E-state index contributed by atoms with van der Waals surface area (Å²) in [7, 11) is -0.325. The summed E-state index contributed by atoms with van der Waals surface area (Å²) in [6.07, 6.45) is 0.905. The number of rotatable bonds is 5. The van der Waals surface area contributed by atoms with Crippen LogP contribution in [0.25, 0.3) is 0 Å². The fourth-order valence-corrected chi connectivity index (χ4v) is 2.07. The van der Waals surface area contributed by atoms with Crippen molar-refractivity contribution in [2.75, 3.05) is 21.3 Å². The van der Waals surface area contributed by atoms with E-state index in [1.165, 1.54) is 6.92 Å². The molecule has 1 atom stereocenters. The largest absolute Gasteiger partial charge is 0.468 e. The summed E-state index contributed by atoms with van der Waals surface area (Å²) in [4.78, 5) is 25.3. The molecule has 1 amide bonds. The Morgan fingerprint density at radius 2 is 1.75 bits per heavy atom. The quantitative estimate of drug-likeness (QED) is 0.404. The maximum absolute atomic E-state index is 11.9. The number of hydrogen-bond acceptors (Lipinski definition) is 6.